The van der Waals surface area contributed by atoms with Gasteiger partial charge in [-0.25, -0.2) is 0 Å². The van der Waals surface area contributed by atoms with Crippen LogP contribution in [-0.2, 0) is 9.59 Å². The smallest absolute Gasteiger partial charge is 0.260 e. The molecule has 0 atom stereocenters. The Morgan fingerprint density at radius 3 is 2.00 bits per heavy atom. The summed E-state index contributed by atoms with van der Waals surface area (Å²) in [5.41, 5.74) is 6.52. The molecule has 0 saturated carbocycles. The normalized spacial score (nSPS) is 10.5. The van der Waals surface area contributed by atoms with Gasteiger partial charge in [-0.15, -0.1) is 0 Å². The summed E-state index contributed by atoms with van der Waals surface area (Å²) >= 11 is 0. The molecule has 1 aromatic carbocycles. The number of hydrogen-bond donors (Lipinski definition) is 1. The Balaban J connectivity index is 2.35. The first-order chi connectivity index (χ1) is 12.6. The molecule has 0 saturated heterocycles. The molecule has 144 valence electrons. The van der Waals surface area contributed by atoms with Crippen LogP contribution in [0.2, 0.25) is 0 Å². The zero-order chi connectivity index (χ0) is 19.2. The van der Waals surface area contributed by atoms with Crippen LogP contribution in [0.1, 0.15) is 81.5 Å². The summed E-state index contributed by atoms with van der Waals surface area (Å²) in [6.45, 7) is 2.00. The van der Waals surface area contributed by atoms with Gasteiger partial charge < -0.3 is 10.5 Å². The zero-order valence-corrected chi connectivity index (χ0v) is 15.9. The monoisotopic (exact) mass is 360 g/mol. The van der Waals surface area contributed by atoms with Crippen molar-refractivity contribution in [2.24, 2.45) is 0 Å². The number of carbonyl (C=O) groups excluding carboxylic acids is 3. The van der Waals surface area contributed by atoms with E-state index in [1.807, 2.05) is 0 Å². The molecule has 0 unspecified atom stereocenters. The minimum Gasteiger partial charge on any atom is -0.399 e. The van der Waals surface area contributed by atoms with Gasteiger partial charge in [-0.3, -0.25) is 14.5 Å². The average Bonchev–Trinajstić information content (AvgIpc) is 2.64. The summed E-state index contributed by atoms with van der Waals surface area (Å²) in [5, 5.41) is 0. The lowest BCUT2D eigenvalue weighted by molar-refractivity contribution is -0.130. The molecule has 2 amide bonds. The highest BCUT2D eigenvalue weighted by atomic mass is 16.2. The number of nitrogens with zero attached hydrogens (tertiary/aromatic N) is 1. The molecule has 0 aromatic heterocycles. The molecule has 0 fully saturated rings. The van der Waals surface area contributed by atoms with Crippen LogP contribution in [0.3, 0.4) is 0 Å². The van der Waals surface area contributed by atoms with E-state index in [2.05, 4.69) is 6.92 Å². The van der Waals surface area contributed by atoms with Crippen molar-refractivity contribution in [1.82, 2.24) is 4.90 Å². The highest BCUT2D eigenvalue weighted by Crippen LogP contribution is 2.13. The third-order valence-electron chi connectivity index (χ3n) is 4.46. The van der Waals surface area contributed by atoms with Crippen LogP contribution >= 0.6 is 0 Å². The molecule has 0 heterocycles. The fourth-order valence-corrected chi connectivity index (χ4v) is 2.88. The predicted octanol–water partition coefficient (Wildman–Crippen LogP) is 4.36. The van der Waals surface area contributed by atoms with Crippen molar-refractivity contribution in [3.8, 4) is 0 Å². The van der Waals surface area contributed by atoms with E-state index in [0.717, 1.165) is 24.2 Å². The van der Waals surface area contributed by atoms with Gasteiger partial charge in [0.1, 0.15) is 6.29 Å². The van der Waals surface area contributed by atoms with Crippen LogP contribution < -0.4 is 5.73 Å². The summed E-state index contributed by atoms with van der Waals surface area (Å²) in [4.78, 5) is 36.7. The molecule has 1 aromatic rings. The Morgan fingerprint density at radius 1 is 0.923 bits per heavy atom. The number of nitrogen functional groups attached to an aromatic ring is 1. The van der Waals surface area contributed by atoms with Gasteiger partial charge in [0.2, 0.25) is 5.91 Å². The first kappa shape index (κ1) is 21.9. The lowest BCUT2D eigenvalue weighted by Crippen LogP contribution is -2.38. The van der Waals surface area contributed by atoms with E-state index in [4.69, 9.17) is 5.73 Å². The largest absolute Gasteiger partial charge is 0.399 e. The minimum absolute atomic E-state index is 0.209. The first-order valence-corrected chi connectivity index (χ1v) is 9.74. The fourth-order valence-electron chi connectivity index (χ4n) is 2.88. The number of benzene rings is 1. The van der Waals surface area contributed by atoms with E-state index in [9.17, 15) is 14.4 Å². The molecule has 5 heteroatoms. The summed E-state index contributed by atoms with van der Waals surface area (Å²) < 4.78 is 0. The van der Waals surface area contributed by atoms with Crippen molar-refractivity contribution in [1.29, 1.82) is 0 Å². The Bertz CT molecular complexity index is 555. The lowest BCUT2D eigenvalue weighted by Gasteiger charge is -2.18. The van der Waals surface area contributed by atoms with Gasteiger partial charge in [-0.05, 0) is 30.7 Å². The van der Waals surface area contributed by atoms with Gasteiger partial charge >= 0.3 is 0 Å². The Labute approximate surface area is 156 Å². The van der Waals surface area contributed by atoms with E-state index >= 15 is 0 Å². The molecule has 0 aliphatic heterocycles. The zero-order valence-electron chi connectivity index (χ0n) is 15.9. The summed E-state index contributed by atoms with van der Waals surface area (Å²) in [5.74, 6) is -0.736. The van der Waals surface area contributed by atoms with E-state index in [1.54, 1.807) is 24.3 Å². The van der Waals surface area contributed by atoms with Gasteiger partial charge in [0.15, 0.2) is 0 Å². The minimum atomic E-state index is -0.446. The molecule has 26 heavy (non-hydrogen) atoms. The predicted molar refractivity (Wildman–Crippen MR) is 105 cm³/mol. The van der Waals surface area contributed by atoms with Crippen molar-refractivity contribution in [2.45, 2.75) is 71.1 Å². The third kappa shape index (κ3) is 8.28. The Morgan fingerprint density at radius 2 is 1.46 bits per heavy atom. The molecule has 0 spiro atoms. The average molecular weight is 360 g/mol. The first-order valence-electron chi connectivity index (χ1n) is 9.74. The lowest BCUT2D eigenvalue weighted by atomic mass is 10.1. The molecule has 0 radical (unpaired) electrons. The number of rotatable bonds is 13. The number of imide groups is 1. The number of amides is 2. The van der Waals surface area contributed by atoms with E-state index in [0.29, 0.717) is 24.0 Å². The molecular formula is C21H32N2O3. The van der Waals surface area contributed by atoms with E-state index in [-0.39, 0.29) is 12.5 Å². The van der Waals surface area contributed by atoms with Gasteiger partial charge in [0.05, 0.1) is 6.54 Å². The highest BCUT2D eigenvalue weighted by molar-refractivity contribution is 6.05. The van der Waals surface area contributed by atoms with Crippen molar-refractivity contribution in [2.75, 3.05) is 12.3 Å². The second kappa shape index (κ2) is 13.1. The molecule has 0 bridgehead atoms. The van der Waals surface area contributed by atoms with E-state index in [1.165, 1.54) is 38.5 Å². The van der Waals surface area contributed by atoms with Gasteiger partial charge in [-0.1, -0.05) is 58.3 Å². The molecule has 5 nitrogen and oxygen atoms in total. The number of unbranched alkanes of at least 4 members (excludes halogenated alkanes) is 8. The summed E-state index contributed by atoms with van der Waals surface area (Å²) in [6, 6.07) is 6.36. The number of nitrogens with two attached hydrogens (primary N) is 1. The molecule has 1 rings (SSSR count). The number of anilines is 1. The maximum atomic E-state index is 12.5. The molecular weight excluding hydrogens is 328 g/mol. The maximum Gasteiger partial charge on any atom is 0.260 e. The number of hydrogen-bond acceptors (Lipinski definition) is 4. The van der Waals surface area contributed by atoms with Crippen molar-refractivity contribution < 1.29 is 14.4 Å². The quantitative estimate of drug-likeness (QED) is 0.322. The number of aldehydes is 1. The van der Waals surface area contributed by atoms with Gasteiger partial charge in [0.25, 0.3) is 5.91 Å². The van der Waals surface area contributed by atoms with Gasteiger partial charge in [-0.2, -0.15) is 0 Å². The SMILES string of the molecule is CCCCCCCCCCCC(=O)N(CC=O)C(=O)c1ccc(N)cc1. The maximum absolute atomic E-state index is 12.5. The van der Waals surface area contributed by atoms with Crippen LogP contribution in [-0.4, -0.2) is 29.5 Å². The Kier molecular flexibility index (Phi) is 11.0. The topological polar surface area (TPSA) is 80.5 Å². The molecule has 0 aliphatic carbocycles. The third-order valence-corrected chi connectivity index (χ3v) is 4.46. The summed E-state index contributed by atoms with van der Waals surface area (Å²) in [6.07, 6.45) is 11.3. The molecule has 2 N–H and O–H groups in total. The molecule has 0 aliphatic rings. The van der Waals surface area contributed by atoms with Crippen molar-refractivity contribution in [3.63, 3.8) is 0 Å². The fraction of sp³-hybridized carbons (Fsp3) is 0.571. The van der Waals surface area contributed by atoms with Crippen LogP contribution in [0, 0.1) is 0 Å². The van der Waals surface area contributed by atoms with Crippen molar-refractivity contribution >= 4 is 23.8 Å². The van der Waals surface area contributed by atoms with Gasteiger partial charge in [0, 0.05) is 17.7 Å². The standard InChI is InChI=1S/C21H32N2O3/c1-2-3-4-5-6-7-8-9-10-11-20(25)23(16-17-24)21(26)18-12-14-19(22)15-13-18/h12-15,17H,2-11,16,22H2,1H3. The second-order valence-corrected chi connectivity index (χ2v) is 6.68. The summed E-state index contributed by atoms with van der Waals surface area (Å²) in [7, 11) is 0. The van der Waals surface area contributed by atoms with Crippen LogP contribution in [0.4, 0.5) is 5.69 Å². The van der Waals surface area contributed by atoms with Crippen LogP contribution in [0.25, 0.3) is 0 Å². The van der Waals surface area contributed by atoms with E-state index < -0.39 is 5.91 Å². The van der Waals surface area contributed by atoms with Crippen molar-refractivity contribution in [3.05, 3.63) is 29.8 Å². The van der Waals surface area contributed by atoms with Crippen LogP contribution in [0.15, 0.2) is 24.3 Å². The highest BCUT2D eigenvalue weighted by Gasteiger charge is 2.21. The number of carbonyl (C=O) groups is 3. The van der Waals surface area contributed by atoms with Crippen LogP contribution in [0.5, 0.6) is 0 Å². The Hall–Kier alpha value is -2.17. The second-order valence-electron chi connectivity index (χ2n) is 6.68.